The SMILES string of the molecule is Cc1ccc(-c2cccc(COc3ccc4c(c3)CN(C3CCCC3)C4=O)c2)c(F)c1. The van der Waals surface area contributed by atoms with Gasteiger partial charge in [0.2, 0.25) is 0 Å². The average molecular weight is 416 g/mol. The fourth-order valence-corrected chi connectivity index (χ4v) is 4.77. The number of amides is 1. The molecule has 1 amide bonds. The van der Waals surface area contributed by atoms with E-state index in [1.807, 2.05) is 66.4 Å². The molecular weight excluding hydrogens is 389 g/mol. The lowest BCUT2D eigenvalue weighted by atomic mass is 10.0. The number of hydrogen-bond acceptors (Lipinski definition) is 2. The zero-order valence-corrected chi connectivity index (χ0v) is 17.7. The molecule has 1 saturated carbocycles. The highest BCUT2D eigenvalue weighted by Crippen LogP contribution is 2.33. The van der Waals surface area contributed by atoms with Crippen molar-refractivity contribution in [2.45, 2.75) is 51.8 Å². The van der Waals surface area contributed by atoms with Gasteiger partial charge in [-0.3, -0.25) is 4.79 Å². The van der Waals surface area contributed by atoms with Gasteiger partial charge in [0.25, 0.3) is 5.91 Å². The number of ether oxygens (including phenoxy) is 1. The van der Waals surface area contributed by atoms with Crippen molar-refractivity contribution in [1.29, 1.82) is 0 Å². The van der Waals surface area contributed by atoms with Gasteiger partial charge in [-0.2, -0.15) is 0 Å². The standard InChI is InChI=1S/C27H26FNO2/c1-18-9-11-24(26(28)13-18)20-6-4-5-19(14-20)17-31-23-10-12-25-21(15-23)16-29(27(25)30)22-7-2-3-8-22/h4-6,9-15,22H,2-3,7-8,16-17H2,1H3. The summed E-state index contributed by atoms with van der Waals surface area (Å²) in [6.45, 7) is 2.95. The van der Waals surface area contributed by atoms with E-state index >= 15 is 0 Å². The topological polar surface area (TPSA) is 29.5 Å². The molecule has 0 N–H and O–H groups in total. The lowest BCUT2D eigenvalue weighted by molar-refractivity contribution is 0.0707. The molecule has 1 aliphatic carbocycles. The Balaban J connectivity index is 1.29. The van der Waals surface area contributed by atoms with Crippen LogP contribution in [0.4, 0.5) is 4.39 Å². The fraction of sp³-hybridized carbons (Fsp3) is 0.296. The van der Waals surface area contributed by atoms with Gasteiger partial charge in [0, 0.05) is 23.7 Å². The zero-order chi connectivity index (χ0) is 21.4. The number of fused-ring (bicyclic) bond motifs is 1. The highest BCUT2D eigenvalue weighted by atomic mass is 19.1. The van der Waals surface area contributed by atoms with Crippen molar-refractivity contribution in [3.8, 4) is 16.9 Å². The lowest BCUT2D eigenvalue weighted by Crippen LogP contribution is -2.33. The molecule has 1 aliphatic heterocycles. The van der Waals surface area contributed by atoms with Gasteiger partial charge in [-0.1, -0.05) is 43.2 Å². The van der Waals surface area contributed by atoms with Crippen molar-refractivity contribution in [2.24, 2.45) is 0 Å². The highest BCUT2D eigenvalue weighted by Gasteiger charge is 2.34. The Morgan fingerprint density at radius 3 is 2.61 bits per heavy atom. The van der Waals surface area contributed by atoms with Gasteiger partial charge in [-0.25, -0.2) is 4.39 Å². The molecule has 0 unspecified atom stereocenters. The minimum absolute atomic E-state index is 0.154. The number of nitrogens with zero attached hydrogens (tertiary/aromatic N) is 1. The Kier molecular flexibility index (Phi) is 5.23. The molecule has 2 aliphatic rings. The molecule has 3 nitrogen and oxygen atoms in total. The third-order valence-corrected chi connectivity index (χ3v) is 6.44. The largest absolute Gasteiger partial charge is 0.489 e. The summed E-state index contributed by atoms with van der Waals surface area (Å²) >= 11 is 0. The van der Waals surface area contributed by atoms with Crippen LogP contribution in [0.1, 0.15) is 52.7 Å². The number of carbonyl (C=O) groups excluding carboxylic acids is 1. The Bertz CT molecular complexity index is 1130. The second-order valence-corrected chi connectivity index (χ2v) is 8.66. The first-order chi connectivity index (χ1) is 15.1. The van der Waals surface area contributed by atoms with E-state index in [1.54, 1.807) is 6.07 Å². The van der Waals surface area contributed by atoms with Gasteiger partial charge >= 0.3 is 0 Å². The van der Waals surface area contributed by atoms with E-state index < -0.39 is 0 Å². The predicted octanol–water partition coefficient (Wildman–Crippen LogP) is 6.28. The van der Waals surface area contributed by atoms with Crippen molar-refractivity contribution in [2.75, 3.05) is 0 Å². The van der Waals surface area contributed by atoms with E-state index in [4.69, 9.17) is 4.74 Å². The Morgan fingerprint density at radius 2 is 1.81 bits per heavy atom. The molecule has 0 atom stereocenters. The highest BCUT2D eigenvalue weighted by molar-refractivity contribution is 5.98. The molecule has 3 aromatic rings. The minimum Gasteiger partial charge on any atom is -0.489 e. The van der Waals surface area contributed by atoms with E-state index in [2.05, 4.69) is 0 Å². The van der Waals surface area contributed by atoms with Crippen molar-refractivity contribution in [1.82, 2.24) is 4.90 Å². The van der Waals surface area contributed by atoms with Crippen molar-refractivity contribution in [3.05, 3.63) is 88.7 Å². The summed E-state index contributed by atoms with van der Waals surface area (Å²) in [4.78, 5) is 14.8. The monoisotopic (exact) mass is 415 g/mol. The van der Waals surface area contributed by atoms with Crippen LogP contribution in [0.5, 0.6) is 5.75 Å². The van der Waals surface area contributed by atoms with Crippen LogP contribution in [0.3, 0.4) is 0 Å². The average Bonchev–Trinajstić information content (AvgIpc) is 3.40. The second kappa shape index (κ2) is 8.18. The van der Waals surface area contributed by atoms with Gasteiger partial charge < -0.3 is 9.64 Å². The third kappa shape index (κ3) is 3.95. The molecule has 4 heteroatoms. The summed E-state index contributed by atoms with van der Waals surface area (Å²) in [6.07, 6.45) is 4.65. The van der Waals surface area contributed by atoms with Gasteiger partial charge in [-0.15, -0.1) is 0 Å². The van der Waals surface area contributed by atoms with Crippen LogP contribution in [0, 0.1) is 12.7 Å². The summed E-state index contributed by atoms with van der Waals surface area (Å²) in [5.41, 5.74) is 5.16. The molecule has 1 heterocycles. The molecule has 1 fully saturated rings. The normalized spacial score (nSPS) is 16.1. The first-order valence-corrected chi connectivity index (χ1v) is 11.0. The van der Waals surface area contributed by atoms with Crippen LogP contribution in [-0.2, 0) is 13.2 Å². The van der Waals surface area contributed by atoms with Crippen LogP contribution in [0.2, 0.25) is 0 Å². The molecule has 3 aromatic carbocycles. The number of carbonyl (C=O) groups is 1. The molecule has 0 spiro atoms. The second-order valence-electron chi connectivity index (χ2n) is 8.66. The maximum Gasteiger partial charge on any atom is 0.254 e. The third-order valence-electron chi connectivity index (χ3n) is 6.44. The van der Waals surface area contributed by atoms with Crippen molar-refractivity contribution in [3.63, 3.8) is 0 Å². The molecule has 0 saturated heterocycles. The summed E-state index contributed by atoms with van der Waals surface area (Å²) in [6, 6.07) is 19.2. The first kappa shape index (κ1) is 19.8. The lowest BCUT2D eigenvalue weighted by Gasteiger charge is -2.23. The predicted molar refractivity (Wildman–Crippen MR) is 119 cm³/mol. The van der Waals surface area contributed by atoms with Crippen molar-refractivity contribution >= 4 is 5.91 Å². The number of hydrogen-bond donors (Lipinski definition) is 0. The Morgan fingerprint density at radius 1 is 1.00 bits per heavy atom. The van der Waals surface area contributed by atoms with E-state index in [-0.39, 0.29) is 11.7 Å². The van der Waals surface area contributed by atoms with Crippen LogP contribution >= 0.6 is 0 Å². The summed E-state index contributed by atoms with van der Waals surface area (Å²) in [5, 5.41) is 0. The van der Waals surface area contributed by atoms with Gasteiger partial charge in [0.15, 0.2) is 0 Å². The van der Waals surface area contributed by atoms with E-state index in [0.717, 1.165) is 46.4 Å². The van der Waals surface area contributed by atoms with Crippen LogP contribution in [0.25, 0.3) is 11.1 Å². The smallest absolute Gasteiger partial charge is 0.254 e. The van der Waals surface area contributed by atoms with Crippen molar-refractivity contribution < 1.29 is 13.9 Å². The Hall–Kier alpha value is -3.14. The maximum atomic E-state index is 14.4. The summed E-state index contributed by atoms with van der Waals surface area (Å²) in [7, 11) is 0. The maximum absolute atomic E-state index is 14.4. The van der Waals surface area contributed by atoms with Gasteiger partial charge in [0.05, 0.1) is 0 Å². The molecular formula is C27H26FNO2. The molecule has 0 bridgehead atoms. The molecule has 5 rings (SSSR count). The van der Waals surface area contributed by atoms with Crippen LogP contribution in [0.15, 0.2) is 60.7 Å². The van der Waals surface area contributed by atoms with Gasteiger partial charge in [0.1, 0.15) is 18.2 Å². The van der Waals surface area contributed by atoms with Crippen LogP contribution in [-0.4, -0.2) is 16.8 Å². The van der Waals surface area contributed by atoms with E-state index in [0.29, 0.717) is 24.8 Å². The van der Waals surface area contributed by atoms with Crippen LogP contribution < -0.4 is 4.74 Å². The minimum atomic E-state index is -0.215. The zero-order valence-electron chi connectivity index (χ0n) is 17.7. The number of benzene rings is 3. The molecule has 0 radical (unpaired) electrons. The fourth-order valence-electron chi connectivity index (χ4n) is 4.77. The number of rotatable bonds is 5. The molecule has 31 heavy (non-hydrogen) atoms. The number of aryl methyl sites for hydroxylation is 1. The quantitative estimate of drug-likeness (QED) is 0.491. The first-order valence-electron chi connectivity index (χ1n) is 11.0. The van der Waals surface area contributed by atoms with E-state index in [9.17, 15) is 9.18 Å². The van der Waals surface area contributed by atoms with Gasteiger partial charge in [-0.05, 0) is 72.4 Å². The number of halogens is 1. The Labute approximate surface area is 182 Å². The summed E-state index contributed by atoms with van der Waals surface area (Å²) in [5.74, 6) is 0.696. The molecule has 0 aromatic heterocycles. The molecule has 158 valence electrons. The van der Waals surface area contributed by atoms with E-state index in [1.165, 1.54) is 12.8 Å². The summed E-state index contributed by atoms with van der Waals surface area (Å²) < 4.78 is 20.4.